The van der Waals surface area contributed by atoms with Gasteiger partial charge in [-0.3, -0.25) is 4.90 Å². The zero-order valence-electron chi connectivity index (χ0n) is 10.7. The van der Waals surface area contributed by atoms with E-state index in [-0.39, 0.29) is 0 Å². The Morgan fingerprint density at radius 1 is 1.25 bits per heavy atom. The molecule has 2 aliphatic rings. The van der Waals surface area contributed by atoms with Gasteiger partial charge in [0.1, 0.15) is 0 Å². The van der Waals surface area contributed by atoms with E-state index in [0.29, 0.717) is 0 Å². The highest BCUT2D eigenvalue weighted by Gasteiger charge is 2.21. The van der Waals surface area contributed by atoms with E-state index in [2.05, 4.69) is 22.0 Å². The van der Waals surface area contributed by atoms with Crippen LogP contribution in [0.5, 0.6) is 0 Å². The fourth-order valence-electron chi connectivity index (χ4n) is 3.00. The van der Waals surface area contributed by atoms with E-state index >= 15 is 0 Å². The van der Waals surface area contributed by atoms with E-state index in [1.165, 1.54) is 71.5 Å². The number of hydrogen-bond acceptors (Lipinski definition) is 3. The van der Waals surface area contributed by atoms with Crippen molar-refractivity contribution in [3.05, 3.63) is 0 Å². The quantitative estimate of drug-likeness (QED) is 0.757. The minimum atomic E-state index is 0.801. The van der Waals surface area contributed by atoms with Gasteiger partial charge in [-0.05, 0) is 45.4 Å². The van der Waals surface area contributed by atoms with Crippen molar-refractivity contribution in [2.24, 2.45) is 0 Å². The normalized spacial score (nSPS) is 27.8. The molecule has 0 aliphatic carbocycles. The lowest BCUT2D eigenvalue weighted by Gasteiger charge is -2.32. The van der Waals surface area contributed by atoms with Crippen LogP contribution in [0.1, 0.15) is 32.6 Å². The molecule has 0 radical (unpaired) electrons. The van der Waals surface area contributed by atoms with Gasteiger partial charge in [-0.25, -0.2) is 0 Å². The van der Waals surface area contributed by atoms with Crippen LogP contribution in [0.3, 0.4) is 0 Å². The van der Waals surface area contributed by atoms with Gasteiger partial charge in [-0.2, -0.15) is 0 Å². The molecule has 16 heavy (non-hydrogen) atoms. The topological polar surface area (TPSA) is 18.5 Å². The van der Waals surface area contributed by atoms with Crippen LogP contribution in [-0.4, -0.2) is 61.7 Å². The van der Waals surface area contributed by atoms with E-state index in [9.17, 15) is 0 Å². The van der Waals surface area contributed by atoms with Gasteiger partial charge in [0.15, 0.2) is 0 Å². The lowest BCUT2D eigenvalue weighted by Crippen LogP contribution is -2.43. The molecule has 2 saturated heterocycles. The van der Waals surface area contributed by atoms with Crippen LogP contribution in [0, 0.1) is 0 Å². The summed E-state index contributed by atoms with van der Waals surface area (Å²) in [7, 11) is 0. The number of nitrogens with zero attached hydrogens (tertiary/aromatic N) is 2. The van der Waals surface area contributed by atoms with Crippen molar-refractivity contribution in [1.29, 1.82) is 0 Å². The summed E-state index contributed by atoms with van der Waals surface area (Å²) < 4.78 is 0. The summed E-state index contributed by atoms with van der Waals surface area (Å²) in [5, 5.41) is 3.47. The highest BCUT2D eigenvalue weighted by molar-refractivity contribution is 4.80. The Morgan fingerprint density at radius 3 is 2.69 bits per heavy atom. The summed E-state index contributed by atoms with van der Waals surface area (Å²) in [6.45, 7) is 11.1. The summed E-state index contributed by atoms with van der Waals surface area (Å²) in [5.41, 5.74) is 0. The van der Waals surface area contributed by atoms with Crippen molar-refractivity contribution in [3.8, 4) is 0 Å². The lowest BCUT2D eigenvalue weighted by atomic mass is 10.1. The average molecular weight is 225 g/mol. The first-order valence-electron chi connectivity index (χ1n) is 7.07. The Kier molecular flexibility index (Phi) is 5.07. The molecular weight excluding hydrogens is 198 g/mol. The minimum absolute atomic E-state index is 0.801. The third-order valence-corrected chi connectivity index (χ3v) is 4.11. The van der Waals surface area contributed by atoms with Gasteiger partial charge in [0.05, 0.1) is 0 Å². The number of rotatable bonds is 5. The maximum atomic E-state index is 3.47. The number of hydrogen-bond donors (Lipinski definition) is 1. The Hall–Kier alpha value is -0.120. The SMILES string of the molecule is CCN(CCN1CCCCC1)C1CCNC1. The van der Waals surface area contributed by atoms with Crippen molar-refractivity contribution in [2.75, 3.05) is 45.8 Å². The largest absolute Gasteiger partial charge is 0.315 e. The molecule has 94 valence electrons. The average Bonchev–Trinajstić information content (AvgIpc) is 2.85. The highest BCUT2D eigenvalue weighted by atomic mass is 15.2. The molecule has 1 unspecified atom stereocenters. The second kappa shape index (κ2) is 6.58. The molecule has 2 aliphatic heterocycles. The maximum absolute atomic E-state index is 3.47. The van der Waals surface area contributed by atoms with Crippen molar-refractivity contribution in [3.63, 3.8) is 0 Å². The molecule has 0 saturated carbocycles. The molecule has 2 heterocycles. The number of nitrogens with one attached hydrogen (secondary N) is 1. The van der Waals surface area contributed by atoms with Crippen LogP contribution in [0.4, 0.5) is 0 Å². The first-order chi connectivity index (χ1) is 7.90. The molecule has 0 spiro atoms. The summed E-state index contributed by atoms with van der Waals surface area (Å²) in [6.07, 6.45) is 5.61. The van der Waals surface area contributed by atoms with Gasteiger partial charge in [0.25, 0.3) is 0 Å². The molecule has 0 bridgehead atoms. The summed E-state index contributed by atoms with van der Waals surface area (Å²) in [5.74, 6) is 0. The fourth-order valence-corrected chi connectivity index (χ4v) is 3.00. The van der Waals surface area contributed by atoms with Gasteiger partial charge >= 0.3 is 0 Å². The van der Waals surface area contributed by atoms with Crippen LogP contribution in [-0.2, 0) is 0 Å². The minimum Gasteiger partial charge on any atom is -0.315 e. The third-order valence-electron chi connectivity index (χ3n) is 4.11. The molecule has 2 rings (SSSR count). The maximum Gasteiger partial charge on any atom is 0.0233 e. The van der Waals surface area contributed by atoms with E-state index in [0.717, 1.165) is 6.04 Å². The van der Waals surface area contributed by atoms with Gasteiger partial charge in [-0.1, -0.05) is 13.3 Å². The van der Waals surface area contributed by atoms with Gasteiger partial charge in [0.2, 0.25) is 0 Å². The van der Waals surface area contributed by atoms with Crippen LogP contribution >= 0.6 is 0 Å². The first-order valence-corrected chi connectivity index (χ1v) is 7.07. The summed E-state index contributed by atoms with van der Waals surface area (Å²) in [4.78, 5) is 5.31. The smallest absolute Gasteiger partial charge is 0.0233 e. The molecule has 3 heteroatoms. The van der Waals surface area contributed by atoms with Crippen molar-refractivity contribution in [2.45, 2.75) is 38.6 Å². The molecule has 0 amide bonds. The predicted octanol–water partition coefficient (Wildman–Crippen LogP) is 1.16. The van der Waals surface area contributed by atoms with Crippen molar-refractivity contribution >= 4 is 0 Å². The highest BCUT2D eigenvalue weighted by Crippen LogP contribution is 2.11. The molecule has 2 fully saturated rings. The Morgan fingerprint density at radius 2 is 2.06 bits per heavy atom. The second-order valence-electron chi connectivity index (χ2n) is 5.18. The standard InChI is InChI=1S/C13H27N3/c1-2-16(13-6-7-14-12-13)11-10-15-8-4-3-5-9-15/h13-14H,2-12H2,1H3. The first kappa shape index (κ1) is 12.3. The van der Waals surface area contributed by atoms with E-state index in [1.54, 1.807) is 0 Å². The molecule has 0 aromatic heterocycles. The number of likely N-dealkylation sites (N-methyl/N-ethyl adjacent to an activating group) is 1. The number of likely N-dealkylation sites (tertiary alicyclic amines) is 1. The summed E-state index contributed by atoms with van der Waals surface area (Å²) >= 11 is 0. The Balaban J connectivity index is 1.69. The van der Waals surface area contributed by atoms with Crippen molar-refractivity contribution in [1.82, 2.24) is 15.1 Å². The van der Waals surface area contributed by atoms with Crippen LogP contribution in [0.2, 0.25) is 0 Å². The molecule has 0 aromatic rings. The molecular formula is C13H27N3. The monoisotopic (exact) mass is 225 g/mol. The Labute approximate surface area is 100 Å². The number of piperidine rings is 1. The molecule has 3 nitrogen and oxygen atoms in total. The zero-order valence-corrected chi connectivity index (χ0v) is 10.7. The van der Waals surface area contributed by atoms with Crippen LogP contribution < -0.4 is 5.32 Å². The fraction of sp³-hybridized carbons (Fsp3) is 1.00. The van der Waals surface area contributed by atoms with Crippen molar-refractivity contribution < 1.29 is 0 Å². The van der Waals surface area contributed by atoms with E-state index < -0.39 is 0 Å². The predicted molar refractivity (Wildman–Crippen MR) is 68.8 cm³/mol. The van der Waals surface area contributed by atoms with Gasteiger partial charge in [0, 0.05) is 25.7 Å². The zero-order chi connectivity index (χ0) is 11.2. The van der Waals surface area contributed by atoms with E-state index in [1.807, 2.05) is 0 Å². The lowest BCUT2D eigenvalue weighted by molar-refractivity contribution is 0.159. The molecule has 1 N–H and O–H groups in total. The second-order valence-corrected chi connectivity index (χ2v) is 5.18. The molecule has 1 atom stereocenters. The Bertz CT molecular complexity index is 184. The van der Waals surface area contributed by atoms with Crippen LogP contribution in [0.15, 0.2) is 0 Å². The van der Waals surface area contributed by atoms with Gasteiger partial charge in [-0.15, -0.1) is 0 Å². The van der Waals surface area contributed by atoms with E-state index in [4.69, 9.17) is 0 Å². The van der Waals surface area contributed by atoms with Crippen LogP contribution in [0.25, 0.3) is 0 Å². The summed E-state index contributed by atoms with van der Waals surface area (Å²) in [6, 6.07) is 0.801. The molecule has 0 aromatic carbocycles. The third kappa shape index (κ3) is 3.44. The van der Waals surface area contributed by atoms with Gasteiger partial charge < -0.3 is 10.2 Å².